The molecule has 0 heterocycles. The Morgan fingerprint density at radius 2 is 1.31 bits per heavy atom. The SMILES string of the molecule is CC1C2CC(COC(C)(C)c3ccc4cc5cc6ccccc6cc5cc4c3)C(C2)C1C. The fraction of sp³-hybridized carbons (Fsp3) is 0.419. The molecule has 5 atom stereocenters. The van der Waals surface area contributed by atoms with E-state index in [1.807, 2.05) is 0 Å². The van der Waals surface area contributed by atoms with Crippen molar-refractivity contribution < 1.29 is 4.74 Å². The van der Waals surface area contributed by atoms with Crippen molar-refractivity contribution in [3.63, 3.8) is 0 Å². The van der Waals surface area contributed by atoms with Crippen molar-refractivity contribution in [2.75, 3.05) is 6.61 Å². The van der Waals surface area contributed by atoms with Gasteiger partial charge in [0.25, 0.3) is 0 Å². The zero-order chi connectivity index (χ0) is 22.0. The van der Waals surface area contributed by atoms with E-state index in [9.17, 15) is 0 Å². The number of hydrogen-bond acceptors (Lipinski definition) is 1. The Labute approximate surface area is 191 Å². The highest BCUT2D eigenvalue weighted by Crippen LogP contribution is 2.55. The van der Waals surface area contributed by atoms with Gasteiger partial charge in [0.15, 0.2) is 0 Å². The molecule has 0 N–H and O–H groups in total. The van der Waals surface area contributed by atoms with Gasteiger partial charge in [-0.05, 0) is 124 Å². The number of benzene rings is 4. The second-order valence-electron chi connectivity index (χ2n) is 11.2. The van der Waals surface area contributed by atoms with E-state index in [0.29, 0.717) is 0 Å². The summed E-state index contributed by atoms with van der Waals surface area (Å²) in [5.74, 6) is 4.29. The fourth-order valence-corrected chi connectivity index (χ4v) is 6.75. The van der Waals surface area contributed by atoms with E-state index in [2.05, 4.69) is 94.4 Å². The van der Waals surface area contributed by atoms with Gasteiger partial charge in [0.05, 0.1) is 12.2 Å². The van der Waals surface area contributed by atoms with Crippen molar-refractivity contribution in [2.45, 2.75) is 46.1 Å². The summed E-state index contributed by atoms with van der Waals surface area (Å²) in [6.45, 7) is 10.3. The third kappa shape index (κ3) is 3.25. The molecule has 1 nitrogen and oxygen atoms in total. The largest absolute Gasteiger partial charge is 0.371 e. The van der Waals surface area contributed by atoms with Gasteiger partial charge < -0.3 is 4.74 Å². The molecule has 4 aromatic carbocycles. The smallest absolute Gasteiger partial charge is 0.0875 e. The summed E-state index contributed by atoms with van der Waals surface area (Å²) in [7, 11) is 0. The van der Waals surface area contributed by atoms with Gasteiger partial charge in [-0.1, -0.05) is 50.2 Å². The summed E-state index contributed by atoms with van der Waals surface area (Å²) < 4.78 is 6.63. The molecular weight excluding hydrogens is 388 g/mol. The van der Waals surface area contributed by atoms with Gasteiger partial charge in [-0.15, -0.1) is 0 Å². The van der Waals surface area contributed by atoms with Gasteiger partial charge in [-0.3, -0.25) is 0 Å². The molecule has 0 aromatic heterocycles. The van der Waals surface area contributed by atoms with Crippen molar-refractivity contribution in [3.8, 4) is 0 Å². The van der Waals surface area contributed by atoms with Crippen LogP contribution in [0.1, 0.15) is 46.1 Å². The quantitative estimate of drug-likeness (QED) is 0.300. The van der Waals surface area contributed by atoms with E-state index in [0.717, 1.165) is 36.2 Å². The highest BCUT2D eigenvalue weighted by molar-refractivity contribution is 6.04. The van der Waals surface area contributed by atoms with Gasteiger partial charge in [0.1, 0.15) is 0 Å². The van der Waals surface area contributed by atoms with Gasteiger partial charge in [-0.2, -0.15) is 0 Å². The Balaban J connectivity index is 1.28. The predicted molar refractivity (Wildman–Crippen MR) is 136 cm³/mol. The van der Waals surface area contributed by atoms with Gasteiger partial charge in [-0.25, -0.2) is 0 Å². The van der Waals surface area contributed by atoms with E-state index in [-0.39, 0.29) is 5.60 Å². The molecule has 32 heavy (non-hydrogen) atoms. The van der Waals surface area contributed by atoms with Crippen molar-refractivity contribution in [1.29, 1.82) is 0 Å². The van der Waals surface area contributed by atoms with Crippen LogP contribution in [0, 0.1) is 29.6 Å². The van der Waals surface area contributed by atoms with E-state index in [1.54, 1.807) is 0 Å². The summed E-state index contributed by atoms with van der Waals surface area (Å²) in [5, 5.41) is 7.80. The molecule has 0 aliphatic heterocycles. The van der Waals surface area contributed by atoms with Crippen LogP contribution in [0.25, 0.3) is 32.3 Å². The second-order valence-corrected chi connectivity index (χ2v) is 11.2. The molecule has 1 heteroatoms. The lowest BCUT2D eigenvalue weighted by Crippen LogP contribution is -2.31. The Bertz CT molecular complexity index is 1310. The molecule has 6 rings (SSSR count). The first-order valence-electron chi connectivity index (χ1n) is 12.4. The van der Waals surface area contributed by atoms with Gasteiger partial charge in [0.2, 0.25) is 0 Å². The van der Waals surface area contributed by atoms with Crippen LogP contribution in [0.2, 0.25) is 0 Å². The molecule has 2 saturated carbocycles. The lowest BCUT2D eigenvalue weighted by molar-refractivity contribution is -0.0539. The van der Waals surface area contributed by atoms with Crippen molar-refractivity contribution in [1.82, 2.24) is 0 Å². The first-order valence-corrected chi connectivity index (χ1v) is 12.4. The average Bonchev–Trinajstić information content (AvgIpc) is 3.33. The Morgan fingerprint density at radius 3 is 1.94 bits per heavy atom. The second kappa shape index (κ2) is 7.32. The molecule has 0 amide bonds. The summed E-state index contributed by atoms with van der Waals surface area (Å²) in [4.78, 5) is 0. The predicted octanol–water partition coefficient (Wildman–Crippen LogP) is 8.33. The van der Waals surface area contributed by atoms with Crippen molar-refractivity contribution in [3.05, 3.63) is 72.3 Å². The Morgan fingerprint density at radius 1 is 0.719 bits per heavy atom. The molecule has 4 aromatic rings. The minimum absolute atomic E-state index is 0.275. The van der Waals surface area contributed by atoms with E-state index in [1.165, 1.54) is 50.7 Å². The van der Waals surface area contributed by atoms with Crippen molar-refractivity contribution in [2.24, 2.45) is 29.6 Å². The first kappa shape index (κ1) is 20.2. The van der Waals surface area contributed by atoms with Crippen LogP contribution >= 0.6 is 0 Å². The van der Waals surface area contributed by atoms with Crippen molar-refractivity contribution >= 4 is 32.3 Å². The topological polar surface area (TPSA) is 9.23 Å². The molecule has 0 radical (unpaired) electrons. The monoisotopic (exact) mass is 422 g/mol. The molecule has 0 spiro atoms. The molecule has 164 valence electrons. The lowest BCUT2D eigenvalue weighted by Gasteiger charge is -2.34. The fourth-order valence-electron chi connectivity index (χ4n) is 6.75. The molecule has 2 bridgehead atoms. The number of hydrogen-bond donors (Lipinski definition) is 0. The number of ether oxygens (including phenoxy) is 1. The van der Waals surface area contributed by atoms with Crippen LogP contribution in [0.5, 0.6) is 0 Å². The molecular formula is C31H34O. The van der Waals surface area contributed by atoms with Gasteiger partial charge >= 0.3 is 0 Å². The van der Waals surface area contributed by atoms with Gasteiger partial charge in [0, 0.05) is 0 Å². The summed E-state index contributed by atoms with van der Waals surface area (Å²) in [6, 6.07) is 24.8. The zero-order valence-electron chi connectivity index (χ0n) is 19.8. The molecule has 2 aliphatic rings. The molecule has 5 unspecified atom stereocenters. The molecule has 2 fully saturated rings. The maximum Gasteiger partial charge on any atom is 0.0875 e. The average molecular weight is 423 g/mol. The lowest BCUT2D eigenvalue weighted by atomic mass is 9.76. The molecule has 0 saturated heterocycles. The standard InChI is InChI=1S/C31H34O/c1-19-20(2)30-17-24(19)14-28(30)18-32-31(3,4)29-10-9-23-13-25-11-21-7-5-6-8-22(21)12-26(25)15-27(23)16-29/h5-13,15-16,19-20,24,28,30H,14,17-18H2,1-4H3. The highest BCUT2D eigenvalue weighted by atomic mass is 16.5. The van der Waals surface area contributed by atoms with Crippen LogP contribution < -0.4 is 0 Å². The maximum absolute atomic E-state index is 6.63. The molecule has 2 aliphatic carbocycles. The Kier molecular flexibility index (Phi) is 4.63. The van der Waals surface area contributed by atoms with Crippen LogP contribution in [-0.4, -0.2) is 6.61 Å². The summed E-state index contributed by atoms with van der Waals surface area (Å²) >= 11 is 0. The third-order valence-electron chi connectivity index (χ3n) is 9.05. The summed E-state index contributed by atoms with van der Waals surface area (Å²) in [5.41, 5.74) is 0.998. The number of rotatable bonds is 4. The Hall–Kier alpha value is -2.38. The normalized spacial score (nSPS) is 27.7. The summed E-state index contributed by atoms with van der Waals surface area (Å²) in [6.07, 6.45) is 2.79. The van der Waals surface area contributed by atoms with E-state index in [4.69, 9.17) is 4.74 Å². The minimum atomic E-state index is -0.275. The highest BCUT2D eigenvalue weighted by Gasteiger charge is 2.48. The maximum atomic E-state index is 6.63. The third-order valence-corrected chi connectivity index (χ3v) is 9.05. The van der Waals surface area contributed by atoms with E-state index < -0.39 is 0 Å². The first-order chi connectivity index (χ1) is 15.4. The van der Waals surface area contributed by atoms with Crippen LogP contribution in [0.3, 0.4) is 0 Å². The minimum Gasteiger partial charge on any atom is -0.371 e. The zero-order valence-corrected chi connectivity index (χ0v) is 19.8. The van der Waals surface area contributed by atoms with Crippen LogP contribution in [-0.2, 0) is 10.3 Å². The van der Waals surface area contributed by atoms with Crippen LogP contribution in [0.4, 0.5) is 0 Å². The van der Waals surface area contributed by atoms with E-state index >= 15 is 0 Å². The van der Waals surface area contributed by atoms with Crippen LogP contribution in [0.15, 0.2) is 66.7 Å². The number of fused-ring (bicyclic) bond motifs is 5.